The van der Waals surface area contributed by atoms with Gasteiger partial charge < -0.3 is 0 Å². The van der Waals surface area contributed by atoms with Gasteiger partial charge in [-0.2, -0.15) is 0 Å². The van der Waals surface area contributed by atoms with E-state index < -0.39 is 17.2 Å². The largest absolute Gasteiger partial charge is 0.298 e. The molecule has 0 saturated carbocycles. The van der Waals surface area contributed by atoms with E-state index in [1.165, 1.54) is 6.20 Å². The SMILES string of the molecule is O=Cc1c(F)cc(-c2ccccn2)cc1F. The lowest BCUT2D eigenvalue weighted by Crippen LogP contribution is -1.95. The highest BCUT2D eigenvalue weighted by atomic mass is 19.1. The van der Waals surface area contributed by atoms with E-state index in [1.54, 1.807) is 18.2 Å². The second-order valence-electron chi connectivity index (χ2n) is 3.19. The molecular weight excluding hydrogens is 212 g/mol. The first-order chi connectivity index (χ1) is 7.72. The molecule has 2 nitrogen and oxygen atoms in total. The van der Waals surface area contributed by atoms with Crippen LogP contribution in [0.15, 0.2) is 36.5 Å². The van der Waals surface area contributed by atoms with Crippen molar-refractivity contribution < 1.29 is 13.6 Å². The average Bonchev–Trinajstić information content (AvgIpc) is 2.30. The van der Waals surface area contributed by atoms with Gasteiger partial charge in [0.05, 0.1) is 11.3 Å². The van der Waals surface area contributed by atoms with Crippen LogP contribution in [-0.4, -0.2) is 11.3 Å². The monoisotopic (exact) mass is 219 g/mol. The molecule has 0 atom stereocenters. The van der Waals surface area contributed by atoms with Crippen LogP contribution in [0.5, 0.6) is 0 Å². The lowest BCUT2D eigenvalue weighted by molar-refractivity contribution is 0.111. The Morgan fingerprint density at radius 1 is 1.12 bits per heavy atom. The van der Waals surface area contributed by atoms with Crippen LogP contribution in [0.3, 0.4) is 0 Å². The Hall–Kier alpha value is -2.10. The molecule has 0 bridgehead atoms. The van der Waals surface area contributed by atoms with Crippen LogP contribution in [0, 0.1) is 11.6 Å². The van der Waals surface area contributed by atoms with Crippen LogP contribution in [0.2, 0.25) is 0 Å². The summed E-state index contributed by atoms with van der Waals surface area (Å²) in [6.07, 6.45) is 1.69. The minimum Gasteiger partial charge on any atom is -0.298 e. The zero-order chi connectivity index (χ0) is 11.5. The lowest BCUT2D eigenvalue weighted by atomic mass is 10.1. The molecule has 80 valence electrons. The highest BCUT2D eigenvalue weighted by Crippen LogP contribution is 2.21. The number of carbonyl (C=O) groups excluding carboxylic acids is 1. The fourth-order valence-corrected chi connectivity index (χ4v) is 1.38. The summed E-state index contributed by atoms with van der Waals surface area (Å²) in [5.41, 5.74) is 0.207. The number of aldehydes is 1. The fourth-order valence-electron chi connectivity index (χ4n) is 1.38. The van der Waals surface area contributed by atoms with E-state index >= 15 is 0 Å². The zero-order valence-corrected chi connectivity index (χ0v) is 8.15. The Labute approximate surface area is 90.6 Å². The summed E-state index contributed by atoms with van der Waals surface area (Å²) in [5.74, 6) is -1.76. The summed E-state index contributed by atoms with van der Waals surface area (Å²) < 4.78 is 26.6. The highest BCUT2D eigenvalue weighted by molar-refractivity contribution is 5.77. The maximum atomic E-state index is 13.3. The molecule has 0 aliphatic rings. The number of nitrogens with zero attached hydrogens (tertiary/aromatic N) is 1. The van der Waals surface area contributed by atoms with Gasteiger partial charge in [-0.15, -0.1) is 0 Å². The van der Waals surface area contributed by atoms with Crippen molar-refractivity contribution in [2.24, 2.45) is 0 Å². The molecule has 16 heavy (non-hydrogen) atoms. The first-order valence-corrected chi connectivity index (χ1v) is 4.58. The number of hydrogen-bond acceptors (Lipinski definition) is 2. The topological polar surface area (TPSA) is 30.0 Å². The maximum absolute atomic E-state index is 13.3. The van der Waals surface area contributed by atoms with Crippen LogP contribution in [0.1, 0.15) is 10.4 Å². The third-order valence-electron chi connectivity index (χ3n) is 2.16. The molecule has 1 aromatic carbocycles. The molecule has 0 radical (unpaired) electrons. The molecule has 0 aliphatic carbocycles. The van der Waals surface area contributed by atoms with E-state index in [-0.39, 0.29) is 6.29 Å². The van der Waals surface area contributed by atoms with E-state index in [9.17, 15) is 13.6 Å². The number of hydrogen-bond donors (Lipinski definition) is 0. The molecule has 0 spiro atoms. The summed E-state index contributed by atoms with van der Waals surface area (Å²) in [4.78, 5) is 14.4. The Bertz CT molecular complexity index is 503. The van der Waals surface area contributed by atoms with Gasteiger partial charge in [-0.25, -0.2) is 8.78 Å². The number of carbonyl (C=O) groups is 1. The number of halogens is 2. The van der Waals surface area contributed by atoms with Crippen LogP contribution in [0.25, 0.3) is 11.3 Å². The quantitative estimate of drug-likeness (QED) is 0.727. The van der Waals surface area contributed by atoms with Gasteiger partial charge in [0.2, 0.25) is 0 Å². The summed E-state index contributed by atoms with van der Waals surface area (Å²) >= 11 is 0. The van der Waals surface area contributed by atoms with Crippen molar-refractivity contribution in [3.8, 4) is 11.3 Å². The predicted octanol–water partition coefficient (Wildman–Crippen LogP) is 2.84. The standard InChI is InChI=1S/C12H7F2NO/c13-10-5-8(6-11(14)9(10)7-16)12-3-1-2-4-15-12/h1-7H. The third kappa shape index (κ3) is 1.82. The van der Waals surface area contributed by atoms with E-state index in [0.29, 0.717) is 11.3 Å². The maximum Gasteiger partial charge on any atom is 0.155 e. The second kappa shape index (κ2) is 4.18. The van der Waals surface area contributed by atoms with Crippen LogP contribution >= 0.6 is 0 Å². The molecule has 0 unspecified atom stereocenters. The van der Waals surface area contributed by atoms with Crippen molar-refractivity contribution in [2.45, 2.75) is 0 Å². The molecule has 0 aliphatic heterocycles. The van der Waals surface area contributed by atoms with E-state index in [2.05, 4.69) is 4.98 Å². The van der Waals surface area contributed by atoms with Gasteiger partial charge in [0.15, 0.2) is 6.29 Å². The Morgan fingerprint density at radius 3 is 2.31 bits per heavy atom. The second-order valence-corrected chi connectivity index (χ2v) is 3.19. The lowest BCUT2D eigenvalue weighted by Gasteiger charge is -2.03. The van der Waals surface area contributed by atoms with Crippen molar-refractivity contribution in [2.75, 3.05) is 0 Å². The smallest absolute Gasteiger partial charge is 0.155 e. The molecule has 2 rings (SSSR count). The van der Waals surface area contributed by atoms with Gasteiger partial charge in [-0.05, 0) is 24.3 Å². The van der Waals surface area contributed by atoms with Crippen LogP contribution < -0.4 is 0 Å². The minimum atomic E-state index is -0.879. The summed E-state index contributed by atoms with van der Waals surface area (Å²) in [6.45, 7) is 0. The van der Waals surface area contributed by atoms with Gasteiger partial charge >= 0.3 is 0 Å². The van der Waals surface area contributed by atoms with Gasteiger partial charge in [0, 0.05) is 11.8 Å². The molecule has 0 fully saturated rings. The minimum absolute atomic E-state index is 0.160. The molecule has 0 saturated heterocycles. The van der Waals surface area contributed by atoms with Gasteiger partial charge in [-0.3, -0.25) is 9.78 Å². The van der Waals surface area contributed by atoms with Crippen molar-refractivity contribution >= 4 is 6.29 Å². The Morgan fingerprint density at radius 2 is 1.81 bits per heavy atom. The summed E-state index contributed by atoms with van der Waals surface area (Å²) in [7, 11) is 0. The van der Waals surface area contributed by atoms with Crippen molar-refractivity contribution in [3.05, 3.63) is 53.7 Å². The predicted molar refractivity (Wildman–Crippen MR) is 55.0 cm³/mol. The van der Waals surface area contributed by atoms with Crippen LogP contribution in [0.4, 0.5) is 8.78 Å². The first kappa shape index (κ1) is 10.4. The molecule has 2 aromatic rings. The molecule has 0 N–H and O–H groups in total. The number of pyridine rings is 1. The summed E-state index contributed by atoms with van der Waals surface area (Å²) in [6, 6.07) is 7.24. The van der Waals surface area contributed by atoms with Crippen molar-refractivity contribution in [1.82, 2.24) is 4.98 Å². The van der Waals surface area contributed by atoms with Gasteiger partial charge in [0.25, 0.3) is 0 Å². The Kier molecular flexibility index (Phi) is 2.72. The van der Waals surface area contributed by atoms with E-state index in [4.69, 9.17) is 0 Å². The van der Waals surface area contributed by atoms with Crippen LogP contribution in [-0.2, 0) is 0 Å². The van der Waals surface area contributed by atoms with E-state index in [0.717, 1.165) is 12.1 Å². The molecule has 0 amide bonds. The molecule has 1 aromatic heterocycles. The molecule has 4 heteroatoms. The summed E-state index contributed by atoms with van der Waals surface area (Å²) in [5, 5.41) is 0. The van der Waals surface area contributed by atoms with Crippen molar-refractivity contribution in [1.29, 1.82) is 0 Å². The number of aromatic nitrogens is 1. The van der Waals surface area contributed by atoms with Gasteiger partial charge in [-0.1, -0.05) is 6.07 Å². The molecular formula is C12H7F2NO. The third-order valence-corrected chi connectivity index (χ3v) is 2.16. The molecule has 1 heterocycles. The normalized spacial score (nSPS) is 10.1. The average molecular weight is 219 g/mol. The van der Waals surface area contributed by atoms with Crippen molar-refractivity contribution in [3.63, 3.8) is 0 Å². The zero-order valence-electron chi connectivity index (χ0n) is 8.15. The van der Waals surface area contributed by atoms with Gasteiger partial charge in [0.1, 0.15) is 11.6 Å². The highest BCUT2D eigenvalue weighted by Gasteiger charge is 2.11. The number of rotatable bonds is 2. The Balaban J connectivity index is 2.57. The van der Waals surface area contributed by atoms with E-state index in [1.807, 2.05) is 0 Å². The fraction of sp³-hybridized carbons (Fsp3) is 0. The first-order valence-electron chi connectivity index (χ1n) is 4.58. The number of benzene rings is 1.